The first-order valence-corrected chi connectivity index (χ1v) is 7.78. The smallest absolute Gasteiger partial charge is 0.175 e. The quantitative estimate of drug-likeness (QED) is 0.801. The van der Waals surface area contributed by atoms with E-state index in [1.54, 1.807) is 24.4 Å². The average molecular weight is 328 g/mol. The molecular formula is C17H17FN4O2. The third-order valence-electron chi connectivity index (χ3n) is 4.13. The summed E-state index contributed by atoms with van der Waals surface area (Å²) in [5.74, 6) is 1.02. The molecule has 3 heterocycles. The number of nitrogens with one attached hydrogen (secondary N) is 1. The minimum Gasteiger partial charge on any atom is -0.494 e. The number of nitrogens with zero attached hydrogens (tertiary/aromatic N) is 3. The van der Waals surface area contributed by atoms with Crippen molar-refractivity contribution in [3.8, 4) is 17.1 Å². The number of aromatic nitrogens is 3. The number of methoxy groups -OCH3 is 1. The highest BCUT2D eigenvalue weighted by atomic mass is 19.1. The van der Waals surface area contributed by atoms with Crippen molar-refractivity contribution in [3.05, 3.63) is 36.3 Å². The van der Waals surface area contributed by atoms with E-state index in [0.29, 0.717) is 24.6 Å². The van der Waals surface area contributed by atoms with E-state index >= 15 is 0 Å². The number of morpholine rings is 1. The standard InChI is InChI=1S/C17H17FN4O2/c1-23-13-4-2-3-11(14(13)18)16-20-12-5-6-19-17(15(12)21-16)22-7-9-24-10-8-22/h2-6H,7-10H2,1H3,(H,20,21). The Kier molecular flexibility index (Phi) is 3.78. The van der Waals surface area contributed by atoms with Crippen molar-refractivity contribution in [1.82, 2.24) is 15.0 Å². The molecule has 1 aromatic carbocycles. The largest absolute Gasteiger partial charge is 0.494 e. The summed E-state index contributed by atoms with van der Waals surface area (Å²) in [6.07, 6.45) is 1.73. The zero-order valence-electron chi connectivity index (χ0n) is 13.3. The predicted molar refractivity (Wildman–Crippen MR) is 88.9 cm³/mol. The Labute approximate surface area is 138 Å². The van der Waals surface area contributed by atoms with Gasteiger partial charge in [-0.3, -0.25) is 0 Å². The van der Waals surface area contributed by atoms with Crippen molar-refractivity contribution in [3.63, 3.8) is 0 Å². The van der Waals surface area contributed by atoms with Gasteiger partial charge in [0, 0.05) is 19.3 Å². The molecule has 0 spiro atoms. The Morgan fingerprint density at radius 2 is 2.08 bits per heavy atom. The molecule has 0 saturated carbocycles. The van der Waals surface area contributed by atoms with Gasteiger partial charge in [-0.25, -0.2) is 14.4 Å². The van der Waals surface area contributed by atoms with Gasteiger partial charge in [0.1, 0.15) is 11.3 Å². The van der Waals surface area contributed by atoms with Crippen LogP contribution in [0.25, 0.3) is 22.4 Å². The molecule has 0 radical (unpaired) electrons. The molecule has 1 N–H and O–H groups in total. The molecule has 0 atom stereocenters. The van der Waals surface area contributed by atoms with Gasteiger partial charge in [-0.2, -0.15) is 0 Å². The lowest BCUT2D eigenvalue weighted by molar-refractivity contribution is 0.122. The van der Waals surface area contributed by atoms with Gasteiger partial charge in [-0.05, 0) is 18.2 Å². The van der Waals surface area contributed by atoms with Crippen LogP contribution in [0, 0.1) is 5.82 Å². The van der Waals surface area contributed by atoms with E-state index in [9.17, 15) is 4.39 Å². The molecule has 1 aliphatic heterocycles. The van der Waals surface area contributed by atoms with Gasteiger partial charge in [0.05, 0.1) is 31.4 Å². The number of hydrogen-bond donors (Lipinski definition) is 1. The zero-order chi connectivity index (χ0) is 16.5. The molecule has 4 rings (SSSR count). The van der Waals surface area contributed by atoms with Crippen molar-refractivity contribution in [1.29, 1.82) is 0 Å². The maximum Gasteiger partial charge on any atom is 0.175 e. The van der Waals surface area contributed by atoms with Crippen LogP contribution in [0.4, 0.5) is 10.2 Å². The molecule has 1 saturated heterocycles. The molecule has 1 fully saturated rings. The number of pyridine rings is 1. The van der Waals surface area contributed by atoms with Crippen LogP contribution in [0.1, 0.15) is 0 Å². The highest BCUT2D eigenvalue weighted by Crippen LogP contribution is 2.31. The molecule has 124 valence electrons. The second-order valence-electron chi connectivity index (χ2n) is 5.54. The minimum absolute atomic E-state index is 0.194. The average Bonchev–Trinajstić information content (AvgIpc) is 3.06. The summed E-state index contributed by atoms with van der Waals surface area (Å²) < 4.78 is 25.0. The normalized spacial score (nSPS) is 15.0. The third-order valence-corrected chi connectivity index (χ3v) is 4.13. The molecule has 24 heavy (non-hydrogen) atoms. The Bertz CT molecular complexity index is 874. The van der Waals surface area contributed by atoms with Crippen LogP contribution in [0.15, 0.2) is 30.5 Å². The number of anilines is 1. The maximum atomic E-state index is 14.5. The van der Waals surface area contributed by atoms with Gasteiger partial charge >= 0.3 is 0 Å². The number of fused-ring (bicyclic) bond motifs is 1. The highest BCUT2D eigenvalue weighted by molar-refractivity contribution is 5.88. The van der Waals surface area contributed by atoms with Crippen molar-refractivity contribution >= 4 is 16.9 Å². The second-order valence-corrected chi connectivity index (χ2v) is 5.54. The topological polar surface area (TPSA) is 63.3 Å². The Balaban J connectivity index is 1.81. The molecule has 7 heteroatoms. The van der Waals surface area contributed by atoms with Gasteiger partial charge in [0.2, 0.25) is 0 Å². The summed E-state index contributed by atoms with van der Waals surface area (Å²) in [7, 11) is 1.45. The lowest BCUT2D eigenvalue weighted by atomic mass is 10.2. The monoisotopic (exact) mass is 328 g/mol. The van der Waals surface area contributed by atoms with E-state index < -0.39 is 5.82 Å². The van der Waals surface area contributed by atoms with Crippen LogP contribution < -0.4 is 9.64 Å². The molecule has 1 aliphatic rings. The molecule has 0 aliphatic carbocycles. The van der Waals surface area contributed by atoms with Crippen LogP contribution in [-0.4, -0.2) is 48.4 Å². The summed E-state index contributed by atoms with van der Waals surface area (Å²) in [5.41, 5.74) is 1.93. The summed E-state index contributed by atoms with van der Waals surface area (Å²) in [4.78, 5) is 14.4. The van der Waals surface area contributed by atoms with Gasteiger partial charge in [0.15, 0.2) is 17.4 Å². The van der Waals surface area contributed by atoms with Crippen molar-refractivity contribution in [2.75, 3.05) is 38.3 Å². The number of H-pyrrole nitrogens is 1. The van der Waals surface area contributed by atoms with Gasteiger partial charge in [-0.1, -0.05) is 6.07 Å². The van der Waals surface area contributed by atoms with Gasteiger partial charge < -0.3 is 19.4 Å². The van der Waals surface area contributed by atoms with Crippen LogP contribution in [-0.2, 0) is 4.74 Å². The summed E-state index contributed by atoms with van der Waals surface area (Å²) in [6, 6.07) is 6.85. The van der Waals surface area contributed by atoms with Crippen molar-refractivity contribution < 1.29 is 13.9 Å². The zero-order valence-corrected chi connectivity index (χ0v) is 13.3. The first-order valence-electron chi connectivity index (χ1n) is 7.78. The Morgan fingerprint density at radius 1 is 1.25 bits per heavy atom. The number of ether oxygens (including phenoxy) is 2. The van der Waals surface area contributed by atoms with E-state index in [-0.39, 0.29) is 5.75 Å². The number of imidazole rings is 1. The van der Waals surface area contributed by atoms with Gasteiger partial charge in [-0.15, -0.1) is 0 Å². The van der Waals surface area contributed by atoms with Crippen molar-refractivity contribution in [2.45, 2.75) is 0 Å². The molecule has 0 amide bonds. The van der Waals surface area contributed by atoms with Crippen molar-refractivity contribution in [2.24, 2.45) is 0 Å². The fourth-order valence-corrected chi connectivity index (χ4v) is 2.91. The van der Waals surface area contributed by atoms with Crippen LogP contribution >= 0.6 is 0 Å². The molecule has 3 aromatic rings. The van der Waals surface area contributed by atoms with Crippen LogP contribution in [0.5, 0.6) is 5.75 Å². The molecule has 2 aromatic heterocycles. The molecule has 0 bridgehead atoms. The number of halogens is 1. The lowest BCUT2D eigenvalue weighted by Gasteiger charge is -2.27. The SMILES string of the molecule is COc1cccc(-c2nc3c(N4CCOCC4)nccc3[nH]2)c1F. The van der Waals surface area contributed by atoms with E-state index in [0.717, 1.165) is 29.9 Å². The number of rotatable bonds is 3. The molecular weight excluding hydrogens is 311 g/mol. The van der Waals surface area contributed by atoms with Crippen LogP contribution in [0.2, 0.25) is 0 Å². The Hall–Kier alpha value is -2.67. The molecule has 6 nitrogen and oxygen atoms in total. The Morgan fingerprint density at radius 3 is 2.88 bits per heavy atom. The lowest BCUT2D eigenvalue weighted by Crippen LogP contribution is -2.36. The number of aromatic amines is 1. The number of hydrogen-bond acceptors (Lipinski definition) is 5. The minimum atomic E-state index is -0.431. The van der Waals surface area contributed by atoms with E-state index in [1.807, 2.05) is 6.07 Å². The van der Waals surface area contributed by atoms with E-state index in [4.69, 9.17) is 9.47 Å². The molecule has 0 unspecified atom stereocenters. The second kappa shape index (κ2) is 6.09. The van der Waals surface area contributed by atoms with E-state index in [2.05, 4.69) is 19.9 Å². The van der Waals surface area contributed by atoms with E-state index in [1.165, 1.54) is 7.11 Å². The summed E-state index contributed by atoms with van der Waals surface area (Å²) >= 11 is 0. The van der Waals surface area contributed by atoms with Crippen LogP contribution in [0.3, 0.4) is 0 Å². The fourth-order valence-electron chi connectivity index (χ4n) is 2.91. The highest BCUT2D eigenvalue weighted by Gasteiger charge is 2.19. The summed E-state index contributed by atoms with van der Waals surface area (Å²) in [6.45, 7) is 2.86. The maximum absolute atomic E-state index is 14.5. The fraction of sp³-hybridized carbons (Fsp3) is 0.294. The number of benzene rings is 1. The first-order chi connectivity index (χ1) is 11.8. The summed E-state index contributed by atoms with van der Waals surface area (Å²) in [5, 5.41) is 0. The van der Waals surface area contributed by atoms with Gasteiger partial charge in [0.25, 0.3) is 0 Å². The first kappa shape index (κ1) is 14.9. The third kappa shape index (κ3) is 2.46. The predicted octanol–water partition coefficient (Wildman–Crippen LogP) is 2.61.